The Bertz CT molecular complexity index is 762. The van der Waals surface area contributed by atoms with Gasteiger partial charge in [0.25, 0.3) is 0 Å². The number of esters is 1. The highest BCUT2D eigenvalue weighted by atomic mass is 16.5. The number of para-hydroxylation sites is 1. The zero-order chi connectivity index (χ0) is 22.3. The van der Waals surface area contributed by atoms with Crippen LogP contribution in [0.2, 0.25) is 0 Å². The van der Waals surface area contributed by atoms with E-state index in [1.807, 2.05) is 60.7 Å². The van der Waals surface area contributed by atoms with Gasteiger partial charge in [0, 0.05) is 26.4 Å². The van der Waals surface area contributed by atoms with Crippen molar-refractivity contribution in [2.75, 3.05) is 20.3 Å². The summed E-state index contributed by atoms with van der Waals surface area (Å²) >= 11 is 0. The largest absolute Gasteiger partial charge is 0.493 e. The molecule has 0 aliphatic heterocycles. The highest BCUT2D eigenvalue weighted by Gasteiger charge is 2.20. The summed E-state index contributed by atoms with van der Waals surface area (Å²) in [6.45, 7) is 2.80. The van der Waals surface area contributed by atoms with Gasteiger partial charge in [0.1, 0.15) is 17.6 Å². The van der Waals surface area contributed by atoms with Gasteiger partial charge in [-0.1, -0.05) is 48.5 Å². The second kappa shape index (κ2) is 14.3. The summed E-state index contributed by atoms with van der Waals surface area (Å²) in [5.74, 6) is 0.359. The molecule has 2 rings (SSSR count). The number of ketones is 1. The first-order chi connectivity index (χ1) is 15.1. The number of rotatable bonds is 15. The molecule has 0 saturated carbocycles. The van der Waals surface area contributed by atoms with Gasteiger partial charge < -0.3 is 18.9 Å². The van der Waals surface area contributed by atoms with Crippen LogP contribution in [0.15, 0.2) is 60.7 Å². The minimum atomic E-state index is -0.501. The Morgan fingerprint density at radius 2 is 1.48 bits per heavy atom. The maximum absolute atomic E-state index is 12.4. The SMILES string of the molecule is COC(CCOc1ccccc1)CC(=O)OC(CCOCc1ccccc1)CC(C)=O. The van der Waals surface area contributed by atoms with Crippen LogP contribution in [0.3, 0.4) is 0 Å². The zero-order valence-corrected chi connectivity index (χ0v) is 18.3. The number of ether oxygens (including phenoxy) is 4. The molecule has 0 saturated heterocycles. The van der Waals surface area contributed by atoms with Crippen LogP contribution in [0.4, 0.5) is 0 Å². The molecular formula is C25H32O6. The molecule has 0 amide bonds. The fourth-order valence-electron chi connectivity index (χ4n) is 3.05. The van der Waals surface area contributed by atoms with E-state index in [2.05, 4.69) is 0 Å². The van der Waals surface area contributed by atoms with Gasteiger partial charge in [-0.25, -0.2) is 0 Å². The predicted octanol–water partition coefficient (Wildman–Crippen LogP) is 4.36. The lowest BCUT2D eigenvalue weighted by atomic mass is 10.1. The lowest BCUT2D eigenvalue weighted by molar-refractivity contribution is -0.153. The molecule has 2 aromatic carbocycles. The fraction of sp³-hybridized carbons (Fsp3) is 0.440. The minimum Gasteiger partial charge on any atom is -0.493 e. The standard InChI is InChI=1S/C25H32O6/c1-20(26)17-24(13-15-29-19-21-9-5-3-6-10-21)31-25(27)18-23(28-2)14-16-30-22-11-7-4-8-12-22/h3-12,23-24H,13-19H2,1-2H3. The summed E-state index contributed by atoms with van der Waals surface area (Å²) in [6, 6.07) is 19.3. The van der Waals surface area contributed by atoms with E-state index in [9.17, 15) is 9.59 Å². The van der Waals surface area contributed by atoms with E-state index >= 15 is 0 Å². The average Bonchev–Trinajstić information content (AvgIpc) is 2.77. The van der Waals surface area contributed by atoms with Crippen LogP contribution in [0, 0.1) is 0 Å². The van der Waals surface area contributed by atoms with E-state index in [0.717, 1.165) is 11.3 Å². The third kappa shape index (κ3) is 10.8. The van der Waals surface area contributed by atoms with Crippen LogP contribution in [0.5, 0.6) is 5.75 Å². The number of hydrogen-bond donors (Lipinski definition) is 0. The molecule has 0 aliphatic rings. The molecule has 2 atom stereocenters. The van der Waals surface area contributed by atoms with Crippen LogP contribution < -0.4 is 4.74 Å². The van der Waals surface area contributed by atoms with Crippen molar-refractivity contribution < 1.29 is 28.5 Å². The van der Waals surface area contributed by atoms with Gasteiger partial charge in [0.05, 0.1) is 32.3 Å². The van der Waals surface area contributed by atoms with Gasteiger partial charge >= 0.3 is 5.97 Å². The summed E-state index contributed by atoms with van der Waals surface area (Å²) in [5, 5.41) is 0. The Kier molecular flexibility index (Phi) is 11.4. The molecule has 0 spiro atoms. The van der Waals surface area contributed by atoms with Crippen LogP contribution in [-0.2, 0) is 30.4 Å². The first kappa shape index (κ1) is 24.6. The second-order valence-corrected chi connectivity index (χ2v) is 7.36. The van der Waals surface area contributed by atoms with Crippen molar-refractivity contribution in [2.24, 2.45) is 0 Å². The third-order valence-electron chi connectivity index (χ3n) is 4.69. The first-order valence-corrected chi connectivity index (χ1v) is 10.6. The number of methoxy groups -OCH3 is 1. The van der Waals surface area contributed by atoms with Gasteiger partial charge in [-0.15, -0.1) is 0 Å². The van der Waals surface area contributed by atoms with Crippen LogP contribution in [-0.4, -0.2) is 44.3 Å². The molecular weight excluding hydrogens is 396 g/mol. The Morgan fingerprint density at radius 3 is 2.13 bits per heavy atom. The summed E-state index contributed by atoms with van der Waals surface area (Å²) in [5.41, 5.74) is 1.07. The van der Waals surface area contributed by atoms with E-state index in [-0.39, 0.29) is 30.7 Å². The Balaban J connectivity index is 1.72. The lowest BCUT2D eigenvalue weighted by Crippen LogP contribution is -2.26. The van der Waals surface area contributed by atoms with Crippen molar-refractivity contribution >= 4 is 11.8 Å². The van der Waals surface area contributed by atoms with Crippen LogP contribution >= 0.6 is 0 Å². The molecule has 0 heterocycles. The molecule has 2 aromatic rings. The maximum Gasteiger partial charge on any atom is 0.308 e. The normalized spacial score (nSPS) is 12.7. The van der Waals surface area contributed by atoms with Crippen molar-refractivity contribution in [3.8, 4) is 5.75 Å². The molecule has 168 valence electrons. The Hall–Kier alpha value is -2.70. The van der Waals surface area contributed by atoms with E-state index in [0.29, 0.717) is 32.7 Å². The monoisotopic (exact) mass is 428 g/mol. The summed E-state index contributed by atoms with van der Waals surface area (Å²) < 4.78 is 22.3. The van der Waals surface area contributed by atoms with Crippen molar-refractivity contribution in [1.29, 1.82) is 0 Å². The second-order valence-electron chi connectivity index (χ2n) is 7.36. The molecule has 0 N–H and O–H groups in total. The molecule has 2 unspecified atom stereocenters. The van der Waals surface area contributed by atoms with E-state index < -0.39 is 6.10 Å². The first-order valence-electron chi connectivity index (χ1n) is 10.6. The fourth-order valence-corrected chi connectivity index (χ4v) is 3.05. The van der Waals surface area contributed by atoms with Crippen LogP contribution in [0.1, 0.15) is 38.2 Å². The number of Topliss-reactive ketones (excluding diaryl/α,β-unsaturated/α-hetero) is 1. The van der Waals surface area contributed by atoms with Gasteiger partial charge in [0.15, 0.2) is 0 Å². The van der Waals surface area contributed by atoms with Gasteiger partial charge in [-0.2, -0.15) is 0 Å². The summed E-state index contributed by atoms with van der Waals surface area (Å²) in [4.78, 5) is 24.0. The molecule has 6 nitrogen and oxygen atoms in total. The molecule has 31 heavy (non-hydrogen) atoms. The van der Waals surface area contributed by atoms with Crippen molar-refractivity contribution in [2.45, 2.75) is 51.4 Å². The summed E-state index contributed by atoms with van der Waals surface area (Å²) in [6.07, 6.45) is 0.482. The molecule has 6 heteroatoms. The van der Waals surface area contributed by atoms with E-state index in [1.54, 1.807) is 7.11 Å². The lowest BCUT2D eigenvalue weighted by Gasteiger charge is -2.19. The Morgan fingerprint density at radius 1 is 0.839 bits per heavy atom. The number of carbonyl (C=O) groups excluding carboxylic acids is 2. The molecule has 0 fully saturated rings. The van der Waals surface area contributed by atoms with E-state index in [1.165, 1.54) is 6.92 Å². The van der Waals surface area contributed by atoms with Gasteiger partial charge in [0.2, 0.25) is 0 Å². The van der Waals surface area contributed by atoms with Crippen LogP contribution in [0.25, 0.3) is 0 Å². The number of benzene rings is 2. The van der Waals surface area contributed by atoms with Crippen molar-refractivity contribution in [3.05, 3.63) is 66.2 Å². The predicted molar refractivity (Wildman–Crippen MR) is 118 cm³/mol. The Labute approximate surface area is 184 Å². The third-order valence-corrected chi connectivity index (χ3v) is 4.69. The van der Waals surface area contributed by atoms with Crippen molar-refractivity contribution in [1.82, 2.24) is 0 Å². The number of carbonyl (C=O) groups is 2. The smallest absolute Gasteiger partial charge is 0.308 e. The van der Waals surface area contributed by atoms with E-state index in [4.69, 9.17) is 18.9 Å². The van der Waals surface area contributed by atoms with Gasteiger partial charge in [-0.05, 0) is 24.6 Å². The average molecular weight is 429 g/mol. The molecule has 0 bridgehead atoms. The highest BCUT2D eigenvalue weighted by molar-refractivity contribution is 5.77. The molecule has 0 aromatic heterocycles. The topological polar surface area (TPSA) is 71.1 Å². The molecule has 0 radical (unpaired) electrons. The van der Waals surface area contributed by atoms with Crippen molar-refractivity contribution in [3.63, 3.8) is 0 Å². The zero-order valence-electron chi connectivity index (χ0n) is 18.3. The highest BCUT2D eigenvalue weighted by Crippen LogP contribution is 2.13. The number of hydrogen-bond acceptors (Lipinski definition) is 6. The summed E-state index contributed by atoms with van der Waals surface area (Å²) in [7, 11) is 1.56. The van der Waals surface area contributed by atoms with Gasteiger partial charge in [-0.3, -0.25) is 9.59 Å². The quantitative estimate of drug-likeness (QED) is 0.310. The minimum absolute atomic E-state index is 0.0274. The molecule has 0 aliphatic carbocycles. The maximum atomic E-state index is 12.4.